The molecule has 0 unspecified atom stereocenters. The maximum absolute atomic E-state index is 12.5. The van der Waals surface area contributed by atoms with Crippen LogP contribution in [-0.4, -0.2) is 36.3 Å². The van der Waals surface area contributed by atoms with Crippen molar-refractivity contribution in [3.05, 3.63) is 48.0 Å². The van der Waals surface area contributed by atoms with Crippen LogP contribution in [0.5, 0.6) is 0 Å². The third kappa shape index (κ3) is 5.52. The maximum Gasteiger partial charge on any atom is 0.243 e. The van der Waals surface area contributed by atoms with Crippen LogP contribution in [0.2, 0.25) is 0 Å². The third-order valence-electron chi connectivity index (χ3n) is 4.39. The van der Waals surface area contributed by atoms with E-state index in [9.17, 15) is 14.4 Å². The smallest absolute Gasteiger partial charge is 0.243 e. The topological polar surface area (TPSA) is 127 Å². The first kappa shape index (κ1) is 20.4. The van der Waals surface area contributed by atoms with Crippen LogP contribution in [0.15, 0.2) is 42.5 Å². The van der Waals surface area contributed by atoms with Gasteiger partial charge in [0.15, 0.2) is 0 Å². The molecule has 2 aromatic rings. The summed E-state index contributed by atoms with van der Waals surface area (Å²) in [6.45, 7) is 3.37. The summed E-state index contributed by atoms with van der Waals surface area (Å²) in [6, 6.07) is 12.0. The van der Waals surface area contributed by atoms with Gasteiger partial charge in [-0.1, -0.05) is 56.3 Å². The van der Waals surface area contributed by atoms with E-state index in [0.717, 1.165) is 16.3 Å². The Morgan fingerprint density at radius 2 is 1.67 bits per heavy atom. The van der Waals surface area contributed by atoms with Crippen molar-refractivity contribution in [1.82, 2.24) is 10.6 Å². The number of rotatable bonds is 8. The van der Waals surface area contributed by atoms with Gasteiger partial charge in [-0.25, -0.2) is 0 Å². The molecule has 0 fully saturated rings. The summed E-state index contributed by atoms with van der Waals surface area (Å²) in [7, 11) is 0. The Kier molecular flexibility index (Phi) is 6.90. The Balaban J connectivity index is 2.26. The fourth-order valence-electron chi connectivity index (χ4n) is 2.77. The van der Waals surface area contributed by atoms with Crippen LogP contribution in [0.25, 0.3) is 10.8 Å². The number of carbonyl (C=O) groups is 3. The molecule has 0 aromatic heterocycles. The monoisotopic (exact) mass is 370 g/mol. The van der Waals surface area contributed by atoms with Gasteiger partial charge in [-0.2, -0.15) is 0 Å². The Bertz CT molecular complexity index is 830. The number of nitrogens with one attached hydrogen (secondary N) is 2. The summed E-state index contributed by atoms with van der Waals surface area (Å²) >= 11 is 0. The number of nitrogens with two attached hydrogens (primary N) is 2. The van der Waals surface area contributed by atoms with Crippen molar-refractivity contribution in [1.29, 1.82) is 0 Å². The zero-order valence-electron chi connectivity index (χ0n) is 15.6. The van der Waals surface area contributed by atoms with Gasteiger partial charge in [0.25, 0.3) is 0 Å². The lowest BCUT2D eigenvalue weighted by Crippen LogP contribution is -2.54. The van der Waals surface area contributed by atoms with Crippen LogP contribution in [0.3, 0.4) is 0 Å². The SMILES string of the molecule is CC(C)[C@H](N)C(=O)N[C@H](Cc1cccc2ccccc12)C(=O)NCC(N)=O. The second kappa shape index (κ2) is 9.14. The molecule has 27 heavy (non-hydrogen) atoms. The summed E-state index contributed by atoms with van der Waals surface area (Å²) in [5.41, 5.74) is 11.9. The van der Waals surface area contributed by atoms with Gasteiger partial charge in [0.05, 0.1) is 12.6 Å². The standard InChI is InChI=1S/C20H26N4O3/c1-12(2)18(22)20(27)24-16(19(26)23-11-17(21)25)10-14-8-5-7-13-6-3-4-9-15(13)14/h3-9,12,16,18H,10-11,22H2,1-2H3,(H2,21,25)(H,23,26)(H,24,27)/t16-,18+/m1/s1. The van der Waals surface area contributed by atoms with Crippen molar-refractivity contribution >= 4 is 28.5 Å². The van der Waals surface area contributed by atoms with Crippen molar-refractivity contribution in [3.63, 3.8) is 0 Å². The predicted octanol–water partition coefficient (Wildman–Crippen LogP) is 0.452. The molecule has 0 heterocycles. The molecule has 3 amide bonds. The van der Waals surface area contributed by atoms with Crippen molar-refractivity contribution < 1.29 is 14.4 Å². The minimum absolute atomic E-state index is 0.0723. The predicted molar refractivity (Wildman–Crippen MR) is 105 cm³/mol. The van der Waals surface area contributed by atoms with Crippen LogP contribution < -0.4 is 22.1 Å². The van der Waals surface area contributed by atoms with Gasteiger partial charge in [-0.3, -0.25) is 14.4 Å². The minimum atomic E-state index is -0.868. The highest BCUT2D eigenvalue weighted by Crippen LogP contribution is 2.20. The van der Waals surface area contributed by atoms with Gasteiger partial charge >= 0.3 is 0 Å². The van der Waals surface area contributed by atoms with Crippen molar-refractivity contribution in [3.8, 4) is 0 Å². The minimum Gasteiger partial charge on any atom is -0.368 e. The van der Waals surface area contributed by atoms with Gasteiger partial charge in [0.1, 0.15) is 6.04 Å². The summed E-state index contributed by atoms with van der Waals surface area (Å²) < 4.78 is 0. The first-order valence-corrected chi connectivity index (χ1v) is 8.88. The van der Waals surface area contributed by atoms with Crippen LogP contribution in [0, 0.1) is 5.92 Å². The molecule has 0 saturated carbocycles. The lowest BCUT2D eigenvalue weighted by Gasteiger charge is -2.22. The zero-order chi connectivity index (χ0) is 20.0. The largest absolute Gasteiger partial charge is 0.368 e. The van der Waals surface area contributed by atoms with E-state index in [-0.39, 0.29) is 18.9 Å². The first-order chi connectivity index (χ1) is 12.8. The van der Waals surface area contributed by atoms with Crippen LogP contribution in [-0.2, 0) is 20.8 Å². The maximum atomic E-state index is 12.5. The number of primary amides is 1. The number of amides is 3. The lowest BCUT2D eigenvalue weighted by molar-refractivity contribution is -0.130. The van der Waals surface area contributed by atoms with E-state index in [1.165, 1.54) is 0 Å². The quantitative estimate of drug-likeness (QED) is 0.538. The molecule has 0 aliphatic rings. The van der Waals surface area contributed by atoms with E-state index < -0.39 is 29.8 Å². The fraction of sp³-hybridized carbons (Fsp3) is 0.350. The molecule has 2 atom stereocenters. The molecule has 2 aromatic carbocycles. The molecule has 6 N–H and O–H groups in total. The summed E-state index contributed by atoms with van der Waals surface area (Å²) in [6.07, 6.45) is 0.266. The molecule has 0 aliphatic carbocycles. The Morgan fingerprint density at radius 3 is 2.33 bits per heavy atom. The summed E-state index contributed by atoms with van der Waals surface area (Å²) in [5, 5.41) is 7.20. The van der Waals surface area contributed by atoms with Crippen LogP contribution in [0.1, 0.15) is 19.4 Å². The lowest BCUT2D eigenvalue weighted by atomic mass is 9.97. The molecule has 7 heteroatoms. The molecule has 0 radical (unpaired) electrons. The second-order valence-corrected chi connectivity index (χ2v) is 6.86. The van der Waals surface area contributed by atoms with Gasteiger partial charge in [-0.05, 0) is 22.3 Å². The fourth-order valence-corrected chi connectivity index (χ4v) is 2.77. The van der Waals surface area contributed by atoms with Gasteiger partial charge in [0.2, 0.25) is 17.7 Å². The van der Waals surface area contributed by atoms with Gasteiger partial charge in [-0.15, -0.1) is 0 Å². The van der Waals surface area contributed by atoms with E-state index >= 15 is 0 Å². The van der Waals surface area contributed by atoms with Crippen molar-refractivity contribution in [2.75, 3.05) is 6.54 Å². The average Bonchev–Trinajstić information content (AvgIpc) is 2.64. The van der Waals surface area contributed by atoms with Crippen molar-refractivity contribution in [2.45, 2.75) is 32.4 Å². The Hall–Kier alpha value is -2.93. The normalized spacial score (nSPS) is 13.2. The Morgan fingerprint density at radius 1 is 1.00 bits per heavy atom. The Labute approximate surface area is 158 Å². The highest BCUT2D eigenvalue weighted by atomic mass is 16.2. The van der Waals surface area contributed by atoms with Crippen LogP contribution >= 0.6 is 0 Å². The second-order valence-electron chi connectivity index (χ2n) is 6.86. The molecule has 0 bridgehead atoms. The number of hydrogen-bond acceptors (Lipinski definition) is 4. The van der Waals surface area contributed by atoms with E-state index in [1.54, 1.807) is 0 Å². The number of carbonyl (C=O) groups excluding carboxylic acids is 3. The van der Waals surface area contributed by atoms with E-state index in [0.29, 0.717) is 0 Å². The summed E-state index contributed by atoms with van der Waals surface area (Å²) in [5.74, 6) is -1.62. The van der Waals surface area contributed by atoms with E-state index in [2.05, 4.69) is 10.6 Å². The average molecular weight is 370 g/mol. The number of hydrogen-bond donors (Lipinski definition) is 4. The molecule has 0 aliphatic heterocycles. The number of fused-ring (bicyclic) bond motifs is 1. The molecule has 0 spiro atoms. The number of benzene rings is 2. The highest BCUT2D eigenvalue weighted by molar-refractivity contribution is 5.93. The molecular weight excluding hydrogens is 344 g/mol. The van der Waals surface area contributed by atoms with Crippen molar-refractivity contribution in [2.24, 2.45) is 17.4 Å². The molecule has 0 saturated heterocycles. The zero-order valence-corrected chi connectivity index (χ0v) is 15.6. The molecule has 144 valence electrons. The molecule has 2 rings (SSSR count). The van der Waals surface area contributed by atoms with Gasteiger partial charge in [0, 0.05) is 6.42 Å². The van der Waals surface area contributed by atoms with E-state index in [1.807, 2.05) is 56.3 Å². The molecular formula is C20H26N4O3. The van der Waals surface area contributed by atoms with Gasteiger partial charge < -0.3 is 22.1 Å². The third-order valence-corrected chi connectivity index (χ3v) is 4.39. The highest BCUT2D eigenvalue weighted by Gasteiger charge is 2.26. The van der Waals surface area contributed by atoms with E-state index in [4.69, 9.17) is 11.5 Å². The first-order valence-electron chi connectivity index (χ1n) is 8.88. The van der Waals surface area contributed by atoms with Crippen LogP contribution in [0.4, 0.5) is 0 Å². The molecule has 7 nitrogen and oxygen atoms in total. The summed E-state index contributed by atoms with van der Waals surface area (Å²) in [4.78, 5) is 35.9.